The fourth-order valence-electron chi connectivity index (χ4n) is 2.48. The first-order chi connectivity index (χ1) is 13.0. The maximum Gasteiger partial charge on any atom is 0.270 e. The van der Waals surface area contributed by atoms with Crippen LogP contribution in [0.1, 0.15) is 21.7 Å². The highest BCUT2D eigenvalue weighted by molar-refractivity contribution is 5.92. The molecule has 3 rings (SSSR count). The molecule has 2 N–H and O–H groups in total. The van der Waals surface area contributed by atoms with Crippen molar-refractivity contribution in [2.75, 3.05) is 12.4 Å². The van der Waals surface area contributed by atoms with Crippen LogP contribution in [0.4, 0.5) is 16.0 Å². The molecule has 0 radical (unpaired) electrons. The molecule has 0 aliphatic carbocycles. The summed E-state index contributed by atoms with van der Waals surface area (Å²) in [7, 11) is 1.58. The number of hydrogen-bond donors (Lipinski definition) is 2. The minimum Gasteiger partial charge on any atom is -0.497 e. The second-order valence-electron chi connectivity index (χ2n) is 5.85. The number of aryl methyl sites for hydroxylation is 1. The van der Waals surface area contributed by atoms with E-state index in [0.717, 1.165) is 5.69 Å². The molecule has 27 heavy (non-hydrogen) atoms. The lowest BCUT2D eigenvalue weighted by atomic mass is 10.2. The molecule has 0 fully saturated rings. The van der Waals surface area contributed by atoms with Gasteiger partial charge in [0.1, 0.15) is 17.3 Å². The molecule has 6 nitrogen and oxygen atoms in total. The third kappa shape index (κ3) is 4.78. The van der Waals surface area contributed by atoms with Gasteiger partial charge in [0.25, 0.3) is 5.91 Å². The van der Waals surface area contributed by atoms with Crippen LogP contribution < -0.4 is 15.4 Å². The summed E-state index contributed by atoms with van der Waals surface area (Å²) in [5, 5.41) is 5.73. The molecule has 0 saturated heterocycles. The molecule has 0 aliphatic rings. The van der Waals surface area contributed by atoms with Crippen molar-refractivity contribution in [3.63, 3.8) is 0 Å². The van der Waals surface area contributed by atoms with Crippen molar-refractivity contribution in [1.82, 2.24) is 15.3 Å². The van der Waals surface area contributed by atoms with Gasteiger partial charge in [0.2, 0.25) is 5.95 Å². The van der Waals surface area contributed by atoms with Gasteiger partial charge in [-0.25, -0.2) is 14.4 Å². The summed E-state index contributed by atoms with van der Waals surface area (Å²) in [5.74, 6) is 0.212. The van der Waals surface area contributed by atoms with Crippen molar-refractivity contribution in [1.29, 1.82) is 0 Å². The topological polar surface area (TPSA) is 76.1 Å². The summed E-state index contributed by atoms with van der Waals surface area (Å²) < 4.78 is 18.9. The fourth-order valence-corrected chi connectivity index (χ4v) is 2.48. The van der Waals surface area contributed by atoms with Gasteiger partial charge in [-0.15, -0.1) is 0 Å². The summed E-state index contributed by atoms with van der Waals surface area (Å²) in [6.45, 7) is 1.85. The molecule has 1 aromatic heterocycles. The van der Waals surface area contributed by atoms with E-state index in [-0.39, 0.29) is 18.1 Å². The van der Waals surface area contributed by atoms with E-state index in [4.69, 9.17) is 4.74 Å². The number of amides is 1. The maximum atomic E-state index is 13.7. The summed E-state index contributed by atoms with van der Waals surface area (Å²) in [5.41, 5.74) is 1.97. The van der Waals surface area contributed by atoms with E-state index in [1.54, 1.807) is 44.4 Å². The fraction of sp³-hybridized carbons (Fsp3) is 0.150. The molecule has 138 valence electrons. The van der Waals surface area contributed by atoms with E-state index < -0.39 is 5.91 Å². The first-order valence-electron chi connectivity index (χ1n) is 8.33. The number of carbonyl (C=O) groups is 1. The van der Waals surface area contributed by atoms with Gasteiger partial charge >= 0.3 is 0 Å². The quantitative estimate of drug-likeness (QED) is 0.697. The van der Waals surface area contributed by atoms with Gasteiger partial charge in [0.05, 0.1) is 7.11 Å². The Morgan fingerprint density at radius 3 is 2.70 bits per heavy atom. The van der Waals surface area contributed by atoms with E-state index in [2.05, 4.69) is 20.6 Å². The van der Waals surface area contributed by atoms with Gasteiger partial charge in [-0.3, -0.25) is 4.79 Å². The molecular weight excluding hydrogens is 347 g/mol. The van der Waals surface area contributed by atoms with Gasteiger partial charge in [-0.05, 0) is 31.2 Å². The van der Waals surface area contributed by atoms with Crippen molar-refractivity contribution in [3.05, 3.63) is 77.4 Å². The smallest absolute Gasteiger partial charge is 0.270 e. The second-order valence-corrected chi connectivity index (χ2v) is 5.85. The lowest BCUT2D eigenvalue weighted by molar-refractivity contribution is 0.0945. The molecule has 3 aromatic rings. The average molecular weight is 366 g/mol. The number of aromatic nitrogens is 2. The Morgan fingerprint density at radius 1 is 1.11 bits per heavy atom. The third-order valence-electron chi connectivity index (χ3n) is 3.81. The van der Waals surface area contributed by atoms with Crippen LogP contribution in [0.5, 0.6) is 5.75 Å². The number of carbonyl (C=O) groups excluding carboxylic acids is 1. The van der Waals surface area contributed by atoms with Gasteiger partial charge in [-0.1, -0.05) is 24.3 Å². The summed E-state index contributed by atoms with van der Waals surface area (Å²) in [6.07, 6.45) is 0. The van der Waals surface area contributed by atoms with E-state index in [1.165, 1.54) is 6.07 Å². The number of rotatable bonds is 6. The number of nitrogens with zero attached hydrogens (tertiary/aromatic N) is 2. The van der Waals surface area contributed by atoms with Crippen LogP contribution in [0, 0.1) is 12.7 Å². The van der Waals surface area contributed by atoms with Crippen molar-refractivity contribution in [2.24, 2.45) is 0 Å². The zero-order valence-corrected chi connectivity index (χ0v) is 15.0. The number of anilines is 2. The van der Waals surface area contributed by atoms with Crippen molar-refractivity contribution >= 4 is 17.5 Å². The van der Waals surface area contributed by atoms with Crippen LogP contribution in [-0.4, -0.2) is 23.0 Å². The van der Waals surface area contributed by atoms with Crippen LogP contribution >= 0.6 is 0 Å². The molecule has 0 atom stereocenters. The highest BCUT2D eigenvalue weighted by Gasteiger charge is 2.12. The SMILES string of the molecule is COc1cccc(Nc2nc(C)cc(C(=O)NCc3ccccc3F)n2)c1. The number of ether oxygens (including phenoxy) is 1. The van der Waals surface area contributed by atoms with Gasteiger partial charge < -0.3 is 15.4 Å². The Kier molecular flexibility index (Phi) is 5.61. The van der Waals surface area contributed by atoms with E-state index in [9.17, 15) is 9.18 Å². The minimum absolute atomic E-state index is 0.0766. The molecule has 0 bridgehead atoms. The maximum absolute atomic E-state index is 13.7. The number of hydrogen-bond acceptors (Lipinski definition) is 5. The monoisotopic (exact) mass is 366 g/mol. The minimum atomic E-state index is -0.405. The van der Waals surface area contributed by atoms with Crippen LogP contribution in [0.25, 0.3) is 0 Å². The Balaban J connectivity index is 1.74. The standard InChI is InChI=1S/C20H19FN4O2/c1-13-10-18(19(26)22-12-14-6-3-4-9-17(14)21)25-20(23-13)24-15-7-5-8-16(11-15)27-2/h3-11H,12H2,1-2H3,(H,22,26)(H,23,24,25). The second kappa shape index (κ2) is 8.27. The lowest BCUT2D eigenvalue weighted by Gasteiger charge is -2.10. The van der Waals surface area contributed by atoms with Crippen LogP contribution in [0.3, 0.4) is 0 Å². The van der Waals surface area contributed by atoms with Gasteiger partial charge in [0, 0.05) is 29.6 Å². The van der Waals surface area contributed by atoms with Crippen molar-refractivity contribution in [2.45, 2.75) is 13.5 Å². The first kappa shape index (κ1) is 18.3. The summed E-state index contributed by atoms with van der Waals surface area (Å²) in [4.78, 5) is 21.0. The van der Waals surface area contributed by atoms with Crippen molar-refractivity contribution < 1.29 is 13.9 Å². The predicted octanol–water partition coefficient (Wildman–Crippen LogP) is 3.61. The zero-order valence-electron chi connectivity index (χ0n) is 15.0. The average Bonchev–Trinajstić information content (AvgIpc) is 2.67. The Labute approximate surface area is 156 Å². The highest BCUT2D eigenvalue weighted by Crippen LogP contribution is 2.19. The van der Waals surface area contributed by atoms with Gasteiger partial charge in [0.15, 0.2) is 0 Å². The van der Waals surface area contributed by atoms with Crippen LogP contribution in [0.2, 0.25) is 0 Å². The summed E-state index contributed by atoms with van der Waals surface area (Å²) >= 11 is 0. The molecule has 1 amide bonds. The molecular formula is C20H19FN4O2. The largest absolute Gasteiger partial charge is 0.497 e. The van der Waals surface area contributed by atoms with E-state index in [0.29, 0.717) is 23.0 Å². The Morgan fingerprint density at radius 2 is 1.93 bits per heavy atom. The molecule has 1 heterocycles. The lowest BCUT2D eigenvalue weighted by Crippen LogP contribution is -2.25. The molecule has 7 heteroatoms. The number of nitrogens with one attached hydrogen (secondary N) is 2. The van der Waals surface area contributed by atoms with E-state index in [1.807, 2.05) is 18.2 Å². The molecule has 0 unspecified atom stereocenters. The van der Waals surface area contributed by atoms with Crippen LogP contribution in [-0.2, 0) is 6.54 Å². The van der Waals surface area contributed by atoms with E-state index >= 15 is 0 Å². The number of methoxy groups -OCH3 is 1. The molecule has 0 saturated carbocycles. The first-order valence-corrected chi connectivity index (χ1v) is 8.33. The Hall–Kier alpha value is -3.48. The molecule has 2 aromatic carbocycles. The number of benzene rings is 2. The predicted molar refractivity (Wildman–Crippen MR) is 101 cm³/mol. The molecule has 0 aliphatic heterocycles. The zero-order chi connectivity index (χ0) is 19.2. The van der Waals surface area contributed by atoms with Crippen molar-refractivity contribution in [3.8, 4) is 5.75 Å². The molecule has 0 spiro atoms. The van der Waals surface area contributed by atoms with Gasteiger partial charge in [-0.2, -0.15) is 0 Å². The third-order valence-corrected chi connectivity index (χ3v) is 3.81. The highest BCUT2D eigenvalue weighted by atomic mass is 19.1. The number of halogens is 1. The van der Waals surface area contributed by atoms with Crippen LogP contribution in [0.15, 0.2) is 54.6 Å². The Bertz CT molecular complexity index is 962. The summed E-state index contributed by atoms with van der Waals surface area (Å²) in [6, 6.07) is 15.2. The normalized spacial score (nSPS) is 10.3.